The second-order valence-corrected chi connectivity index (χ2v) is 9.06. The summed E-state index contributed by atoms with van der Waals surface area (Å²) in [6.07, 6.45) is 6.79. The number of fused-ring (bicyclic) bond motifs is 1. The number of halogens is 2. The molecule has 1 fully saturated rings. The zero-order valence-electron chi connectivity index (χ0n) is 17.4. The van der Waals surface area contributed by atoms with E-state index in [1.807, 2.05) is 18.3 Å². The van der Waals surface area contributed by atoms with Crippen molar-refractivity contribution >= 4 is 57.9 Å². The topological polar surface area (TPSA) is 82.2 Å². The van der Waals surface area contributed by atoms with E-state index in [4.69, 9.17) is 23.2 Å². The summed E-state index contributed by atoms with van der Waals surface area (Å²) < 4.78 is 0. The van der Waals surface area contributed by atoms with Gasteiger partial charge < -0.3 is 9.88 Å². The van der Waals surface area contributed by atoms with Gasteiger partial charge in [0.25, 0.3) is 5.91 Å². The molecule has 9 heteroatoms. The van der Waals surface area contributed by atoms with Gasteiger partial charge in [0.2, 0.25) is 6.41 Å². The number of amides is 2. The number of aromatic amines is 1. The van der Waals surface area contributed by atoms with Crippen LogP contribution in [-0.2, 0) is 4.79 Å². The lowest BCUT2D eigenvalue weighted by Crippen LogP contribution is -2.38. The Balaban J connectivity index is 1.48. The Kier molecular flexibility index (Phi) is 5.39. The molecule has 1 saturated carbocycles. The fourth-order valence-corrected chi connectivity index (χ4v) is 4.76. The highest BCUT2D eigenvalue weighted by atomic mass is 35.5. The van der Waals surface area contributed by atoms with Crippen LogP contribution >= 0.6 is 23.2 Å². The Morgan fingerprint density at radius 3 is 2.62 bits per heavy atom. The molecule has 0 spiro atoms. The van der Waals surface area contributed by atoms with Crippen molar-refractivity contribution in [3.05, 3.63) is 58.0 Å². The Bertz CT molecular complexity index is 1230. The molecular weight excluding hydrogens is 449 g/mol. The molecule has 1 aliphatic carbocycles. The lowest BCUT2D eigenvalue weighted by atomic mass is 9.89. The minimum Gasteiger partial charge on any atom is -0.346 e. The molecule has 0 aromatic carbocycles. The molecule has 2 amide bonds. The maximum Gasteiger partial charge on any atom is 0.254 e. The standard InChI is InChI=1S/C23H21Cl2N5O2/c1-13-11-29(23(32)14-8-19(24)27-20(25)9-14)7-5-16(13)18-10-21(30(12-31)15-2-3-15)28-22-17(18)4-6-26-22/h4-6,8-10,12-13,15H,2-3,7,11H2,1H3,(H,26,28). The number of nitrogens with zero attached hydrogens (tertiary/aromatic N) is 4. The molecule has 5 rings (SSSR count). The summed E-state index contributed by atoms with van der Waals surface area (Å²) in [5.41, 5.74) is 3.34. The smallest absolute Gasteiger partial charge is 0.254 e. The Morgan fingerprint density at radius 2 is 1.97 bits per heavy atom. The largest absolute Gasteiger partial charge is 0.346 e. The van der Waals surface area contributed by atoms with Gasteiger partial charge in [0.15, 0.2) is 0 Å². The van der Waals surface area contributed by atoms with Gasteiger partial charge in [0.1, 0.15) is 21.8 Å². The third-order valence-corrected chi connectivity index (χ3v) is 6.39. The van der Waals surface area contributed by atoms with Crippen LogP contribution in [0.15, 0.2) is 36.5 Å². The van der Waals surface area contributed by atoms with E-state index in [2.05, 4.69) is 28.0 Å². The molecule has 0 radical (unpaired) electrons. The van der Waals surface area contributed by atoms with E-state index in [-0.39, 0.29) is 28.2 Å². The molecule has 164 valence electrons. The quantitative estimate of drug-likeness (QED) is 0.438. The van der Waals surface area contributed by atoms with Crippen molar-refractivity contribution in [1.82, 2.24) is 19.9 Å². The van der Waals surface area contributed by atoms with E-state index >= 15 is 0 Å². The van der Waals surface area contributed by atoms with Gasteiger partial charge in [-0.25, -0.2) is 9.97 Å². The van der Waals surface area contributed by atoms with Crippen molar-refractivity contribution in [2.75, 3.05) is 18.0 Å². The van der Waals surface area contributed by atoms with Crippen molar-refractivity contribution in [3.63, 3.8) is 0 Å². The van der Waals surface area contributed by atoms with E-state index < -0.39 is 0 Å². The summed E-state index contributed by atoms with van der Waals surface area (Å²) in [5, 5.41) is 1.38. The highest BCUT2D eigenvalue weighted by Crippen LogP contribution is 2.37. The highest BCUT2D eigenvalue weighted by molar-refractivity contribution is 6.33. The molecular formula is C23H21Cl2N5O2. The lowest BCUT2D eigenvalue weighted by Gasteiger charge is -2.32. The Hall–Kier alpha value is -2.90. The molecule has 1 unspecified atom stereocenters. The predicted octanol–water partition coefficient (Wildman–Crippen LogP) is 4.57. The van der Waals surface area contributed by atoms with Crippen LogP contribution in [0.1, 0.15) is 35.7 Å². The fourth-order valence-electron chi connectivity index (χ4n) is 4.30. The second kappa shape index (κ2) is 8.22. The summed E-state index contributed by atoms with van der Waals surface area (Å²) in [6.45, 7) is 3.10. The van der Waals surface area contributed by atoms with Crippen LogP contribution in [0.5, 0.6) is 0 Å². The summed E-state index contributed by atoms with van der Waals surface area (Å²) in [6, 6.07) is 7.28. The molecule has 3 aromatic rings. The molecule has 7 nitrogen and oxygen atoms in total. The van der Waals surface area contributed by atoms with Crippen molar-refractivity contribution < 1.29 is 9.59 Å². The number of carbonyl (C=O) groups is 2. The molecule has 1 atom stereocenters. The van der Waals surface area contributed by atoms with E-state index in [0.717, 1.165) is 41.4 Å². The third-order valence-electron chi connectivity index (χ3n) is 6.00. The van der Waals surface area contributed by atoms with Gasteiger partial charge in [-0.2, -0.15) is 0 Å². The Morgan fingerprint density at radius 1 is 1.22 bits per heavy atom. The predicted molar refractivity (Wildman–Crippen MR) is 125 cm³/mol. The van der Waals surface area contributed by atoms with Crippen molar-refractivity contribution in [2.45, 2.75) is 25.8 Å². The van der Waals surface area contributed by atoms with Crippen molar-refractivity contribution in [3.8, 4) is 0 Å². The van der Waals surface area contributed by atoms with E-state index in [9.17, 15) is 9.59 Å². The monoisotopic (exact) mass is 469 g/mol. The summed E-state index contributed by atoms with van der Waals surface area (Å²) >= 11 is 11.9. The summed E-state index contributed by atoms with van der Waals surface area (Å²) in [4.78, 5) is 40.0. The zero-order valence-corrected chi connectivity index (χ0v) is 18.9. The van der Waals surface area contributed by atoms with Crippen LogP contribution in [0.3, 0.4) is 0 Å². The van der Waals surface area contributed by atoms with Crippen LogP contribution in [0.4, 0.5) is 5.82 Å². The molecule has 3 aromatic heterocycles. The molecule has 32 heavy (non-hydrogen) atoms. The van der Waals surface area contributed by atoms with Crippen LogP contribution in [-0.4, -0.2) is 51.3 Å². The number of nitrogens with one attached hydrogen (secondary N) is 1. The number of pyridine rings is 2. The molecule has 1 N–H and O–H groups in total. The lowest BCUT2D eigenvalue weighted by molar-refractivity contribution is -0.107. The van der Waals surface area contributed by atoms with Crippen LogP contribution in [0.2, 0.25) is 10.3 Å². The van der Waals surface area contributed by atoms with E-state index in [1.54, 1.807) is 9.80 Å². The average Bonchev–Trinajstić information content (AvgIpc) is 3.48. The van der Waals surface area contributed by atoms with Gasteiger partial charge in [0.05, 0.1) is 0 Å². The molecule has 2 aliphatic rings. The van der Waals surface area contributed by atoms with E-state index in [1.165, 1.54) is 12.1 Å². The first-order chi connectivity index (χ1) is 15.4. The van der Waals surface area contributed by atoms with Gasteiger partial charge in [-0.15, -0.1) is 0 Å². The van der Waals surface area contributed by atoms with Crippen LogP contribution in [0.25, 0.3) is 16.6 Å². The number of hydrogen-bond donors (Lipinski definition) is 1. The molecule has 0 bridgehead atoms. The third kappa shape index (κ3) is 3.87. The molecule has 1 aliphatic heterocycles. The number of carbonyl (C=O) groups excluding carboxylic acids is 2. The van der Waals surface area contributed by atoms with Crippen LogP contribution < -0.4 is 4.90 Å². The normalized spacial score (nSPS) is 18.5. The molecule has 0 saturated heterocycles. The van der Waals surface area contributed by atoms with Gasteiger partial charge in [-0.05, 0) is 54.2 Å². The van der Waals surface area contributed by atoms with Gasteiger partial charge >= 0.3 is 0 Å². The SMILES string of the molecule is CC1CN(C(=O)c2cc(Cl)nc(Cl)c2)CC=C1c1cc(N(C=O)C2CC2)nc2[nH]ccc12. The number of rotatable bonds is 5. The second-order valence-electron chi connectivity index (χ2n) is 8.28. The summed E-state index contributed by atoms with van der Waals surface area (Å²) in [7, 11) is 0. The zero-order chi connectivity index (χ0) is 22.4. The number of H-pyrrole nitrogens is 1. The maximum atomic E-state index is 13.0. The number of aromatic nitrogens is 3. The van der Waals surface area contributed by atoms with E-state index in [0.29, 0.717) is 24.5 Å². The summed E-state index contributed by atoms with van der Waals surface area (Å²) in [5.74, 6) is 0.598. The van der Waals surface area contributed by atoms with Gasteiger partial charge in [0, 0.05) is 36.3 Å². The minimum atomic E-state index is -0.138. The number of hydrogen-bond acceptors (Lipinski definition) is 4. The van der Waals surface area contributed by atoms with Gasteiger partial charge in [-0.3, -0.25) is 14.5 Å². The van der Waals surface area contributed by atoms with Crippen LogP contribution in [0, 0.1) is 5.92 Å². The van der Waals surface area contributed by atoms with Gasteiger partial charge in [-0.1, -0.05) is 36.2 Å². The first-order valence-corrected chi connectivity index (χ1v) is 11.2. The van der Waals surface area contributed by atoms with Crippen molar-refractivity contribution in [1.29, 1.82) is 0 Å². The fraction of sp³-hybridized carbons (Fsp3) is 0.304. The average molecular weight is 470 g/mol. The first-order valence-electron chi connectivity index (χ1n) is 10.5. The highest BCUT2D eigenvalue weighted by Gasteiger charge is 2.31. The number of anilines is 1. The molecule has 4 heterocycles. The minimum absolute atomic E-state index is 0.0828. The van der Waals surface area contributed by atoms with Crippen molar-refractivity contribution in [2.24, 2.45) is 5.92 Å². The Labute approximate surface area is 195 Å². The first kappa shape index (κ1) is 21.0. The maximum absolute atomic E-state index is 13.0.